The molecule has 170 valence electrons. The lowest BCUT2D eigenvalue weighted by atomic mass is 10.1. The van der Waals surface area contributed by atoms with Crippen LogP contribution >= 0.6 is 11.8 Å². The first kappa shape index (κ1) is 23.8. The van der Waals surface area contributed by atoms with Crippen molar-refractivity contribution >= 4 is 17.7 Å². The number of aromatic nitrogens is 4. The third-order valence-corrected chi connectivity index (χ3v) is 5.75. The fraction of sp³-hybridized carbons (Fsp3) is 0.417. The van der Waals surface area contributed by atoms with Crippen LogP contribution < -0.4 is 10.9 Å². The van der Waals surface area contributed by atoms with Gasteiger partial charge in [-0.1, -0.05) is 55.4 Å². The minimum absolute atomic E-state index is 0.160. The topological polar surface area (TPSA) is 81.8 Å². The number of amides is 1. The highest BCUT2D eigenvalue weighted by Crippen LogP contribution is 2.16. The number of nitrogens with one attached hydrogen (secondary N) is 1. The standard InChI is InChI=1S/C24H31N5O2S/c1-17(2)15-29-21(26-27-24(29)32-4)11-6-12-25-22(30)20-10-7-13-28(23(20)31)16-19-9-5-8-18(3)14-19/h5,7-10,13-14,17H,6,11-12,15-16H2,1-4H3,(H,25,30). The molecule has 1 N–H and O–H groups in total. The second kappa shape index (κ2) is 11.1. The summed E-state index contributed by atoms with van der Waals surface area (Å²) in [5, 5.41) is 12.4. The molecule has 0 bridgehead atoms. The first-order valence-electron chi connectivity index (χ1n) is 10.9. The van der Waals surface area contributed by atoms with E-state index < -0.39 is 0 Å². The SMILES string of the molecule is CSc1nnc(CCCNC(=O)c2cccn(Cc3cccc(C)c3)c2=O)n1CC(C)C. The summed E-state index contributed by atoms with van der Waals surface area (Å²) in [5.74, 6) is 1.08. The third kappa shape index (κ3) is 6.09. The maximum atomic E-state index is 12.8. The number of pyridine rings is 1. The molecule has 8 heteroatoms. The Morgan fingerprint density at radius 3 is 2.72 bits per heavy atom. The molecule has 0 radical (unpaired) electrons. The molecule has 3 aromatic rings. The van der Waals surface area contributed by atoms with Crippen molar-refractivity contribution in [1.29, 1.82) is 0 Å². The summed E-state index contributed by atoms with van der Waals surface area (Å²) in [6.45, 7) is 8.12. The number of thioether (sulfide) groups is 1. The zero-order chi connectivity index (χ0) is 23.1. The van der Waals surface area contributed by atoms with Gasteiger partial charge in [0.1, 0.15) is 11.4 Å². The molecule has 2 aromatic heterocycles. The Bertz CT molecular complexity index is 1120. The van der Waals surface area contributed by atoms with Gasteiger partial charge in [-0.05, 0) is 43.2 Å². The van der Waals surface area contributed by atoms with Gasteiger partial charge in [0.25, 0.3) is 11.5 Å². The molecule has 0 atom stereocenters. The van der Waals surface area contributed by atoms with E-state index in [9.17, 15) is 9.59 Å². The van der Waals surface area contributed by atoms with Crippen LogP contribution in [0.4, 0.5) is 0 Å². The Morgan fingerprint density at radius 1 is 1.19 bits per heavy atom. The molecule has 0 spiro atoms. The highest BCUT2D eigenvalue weighted by atomic mass is 32.2. The van der Waals surface area contributed by atoms with Gasteiger partial charge in [-0.3, -0.25) is 9.59 Å². The Morgan fingerprint density at radius 2 is 2.00 bits per heavy atom. The molecule has 0 saturated heterocycles. The Labute approximate surface area is 193 Å². The number of hydrogen-bond donors (Lipinski definition) is 1. The number of nitrogens with zero attached hydrogens (tertiary/aromatic N) is 4. The minimum Gasteiger partial charge on any atom is -0.352 e. The van der Waals surface area contributed by atoms with Gasteiger partial charge >= 0.3 is 0 Å². The van der Waals surface area contributed by atoms with Crippen molar-refractivity contribution < 1.29 is 4.79 Å². The fourth-order valence-corrected chi connectivity index (χ4v) is 4.11. The molecule has 1 amide bonds. The quantitative estimate of drug-likeness (QED) is 0.375. The summed E-state index contributed by atoms with van der Waals surface area (Å²) in [6, 6.07) is 11.3. The molecule has 2 heterocycles. The predicted molar refractivity (Wildman–Crippen MR) is 128 cm³/mol. The minimum atomic E-state index is -0.345. The maximum Gasteiger partial charge on any atom is 0.263 e. The highest BCUT2D eigenvalue weighted by Gasteiger charge is 2.14. The van der Waals surface area contributed by atoms with E-state index in [1.165, 1.54) is 0 Å². The summed E-state index contributed by atoms with van der Waals surface area (Å²) in [7, 11) is 0. The second-order valence-electron chi connectivity index (χ2n) is 8.31. The van der Waals surface area contributed by atoms with E-state index in [0.29, 0.717) is 25.4 Å². The summed E-state index contributed by atoms with van der Waals surface area (Å²) in [6.07, 6.45) is 5.15. The van der Waals surface area contributed by atoms with Crippen LogP contribution in [0.25, 0.3) is 0 Å². The molecule has 3 rings (SSSR count). The van der Waals surface area contributed by atoms with E-state index in [4.69, 9.17) is 0 Å². The number of hydrogen-bond acceptors (Lipinski definition) is 5. The van der Waals surface area contributed by atoms with Gasteiger partial charge in [-0.25, -0.2) is 0 Å². The molecule has 0 saturated carbocycles. The first-order valence-corrected chi connectivity index (χ1v) is 12.1. The van der Waals surface area contributed by atoms with Crippen molar-refractivity contribution in [3.63, 3.8) is 0 Å². The van der Waals surface area contributed by atoms with E-state index in [2.05, 4.69) is 33.9 Å². The predicted octanol–water partition coefficient (Wildman–Crippen LogP) is 3.54. The van der Waals surface area contributed by atoms with Crippen molar-refractivity contribution in [2.45, 2.75) is 51.9 Å². The molecular weight excluding hydrogens is 422 g/mol. The lowest BCUT2D eigenvalue weighted by molar-refractivity contribution is 0.0951. The molecule has 0 aliphatic rings. The van der Waals surface area contributed by atoms with Crippen LogP contribution in [0.3, 0.4) is 0 Å². The summed E-state index contributed by atoms with van der Waals surface area (Å²) >= 11 is 1.59. The summed E-state index contributed by atoms with van der Waals surface area (Å²) in [5.41, 5.74) is 2.04. The van der Waals surface area contributed by atoms with Crippen LogP contribution in [0.1, 0.15) is 47.6 Å². The average Bonchev–Trinajstić information content (AvgIpc) is 3.13. The second-order valence-corrected chi connectivity index (χ2v) is 9.08. The monoisotopic (exact) mass is 453 g/mol. The summed E-state index contributed by atoms with van der Waals surface area (Å²) < 4.78 is 3.72. The molecule has 0 fully saturated rings. The van der Waals surface area contributed by atoms with Crippen LogP contribution in [0.2, 0.25) is 0 Å². The molecule has 32 heavy (non-hydrogen) atoms. The normalized spacial score (nSPS) is 11.2. The lowest BCUT2D eigenvalue weighted by Gasteiger charge is -2.12. The number of carbonyl (C=O) groups excluding carboxylic acids is 1. The summed E-state index contributed by atoms with van der Waals surface area (Å²) in [4.78, 5) is 25.5. The van der Waals surface area contributed by atoms with Crippen LogP contribution in [0.5, 0.6) is 0 Å². The fourth-order valence-electron chi connectivity index (χ4n) is 3.59. The smallest absolute Gasteiger partial charge is 0.263 e. The van der Waals surface area contributed by atoms with E-state index in [-0.39, 0.29) is 17.0 Å². The zero-order valence-electron chi connectivity index (χ0n) is 19.2. The number of aryl methyl sites for hydroxylation is 2. The largest absolute Gasteiger partial charge is 0.352 e. The van der Waals surface area contributed by atoms with Crippen LogP contribution in [-0.2, 0) is 19.5 Å². The van der Waals surface area contributed by atoms with Crippen molar-refractivity contribution in [3.8, 4) is 0 Å². The number of carbonyl (C=O) groups is 1. The van der Waals surface area contributed by atoms with Gasteiger partial charge in [0.05, 0.1) is 6.54 Å². The molecule has 0 aliphatic heterocycles. The average molecular weight is 454 g/mol. The molecule has 0 unspecified atom stereocenters. The van der Waals surface area contributed by atoms with Crippen LogP contribution in [-0.4, -0.2) is 38.0 Å². The Balaban J connectivity index is 1.59. The van der Waals surface area contributed by atoms with E-state index in [1.54, 1.807) is 34.7 Å². The third-order valence-electron chi connectivity index (χ3n) is 5.09. The van der Waals surface area contributed by atoms with Crippen molar-refractivity contribution in [2.75, 3.05) is 12.8 Å². The number of rotatable bonds is 10. The Hall–Kier alpha value is -2.87. The van der Waals surface area contributed by atoms with Crippen LogP contribution in [0.15, 0.2) is 52.5 Å². The van der Waals surface area contributed by atoms with E-state index in [1.807, 2.05) is 37.4 Å². The van der Waals surface area contributed by atoms with E-state index in [0.717, 1.165) is 35.1 Å². The van der Waals surface area contributed by atoms with Gasteiger partial charge in [-0.15, -0.1) is 10.2 Å². The van der Waals surface area contributed by atoms with Gasteiger partial charge in [0.15, 0.2) is 5.16 Å². The molecule has 0 aliphatic carbocycles. The Kier molecular flexibility index (Phi) is 8.27. The molecule has 7 nitrogen and oxygen atoms in total. The maximum absolute atomic E-state index is 12.8. The highest BCUT2D eigenvalue weighted by molar-refractivity contribution is 7.98. The van der Waals surface area contributed by atoms with Crippen molar-refractivity contribution in [2.24, 2.45) is 5.92 Å². The van der Waals surface area contributed by atoms with Crippen LogP contribution in [0, 0.1) is 12.8 Å². The van der Waals surface area contributed by atoms with Gasteiger partial charge in [0.2, 0.25) is 0 Å². The van der Waals surface area contributed by atoms with Gasteiger partial charge < -0.3 is 14.5 Å². The molecular formula is C24H31N5O2S. The van der Waals surface area contributed by atoms with E-state index >= 15 is 0 Å². The van der Waals surface area contributed by atoms with Gasteiger partial charge in [0, 0.05) is 25.7 Å². The van der Waals surface area contributed by atoms with Crippen molar-refractivity contribution in [1.82, 2.24) is 24.6 Å². The number of benzene rings is 1. The lowest BCUT2D eigenvalue weighted by Crippen LogP contribution is -2.33. The zero-order valence-corrected chi connectivity index (χ0v) is 20.0. The first-order chi connectivity index (χ1) is 15.4. The molecule has 1 aromatic carbocycles. The van der Waals surface area contributed by atoms with Gasteiger partial charge in [-0.2, -0.15) is 0 Å². The van der Waals surface area contributed by atoms with Crippen molar-refractivity contribution in [3.05, 3.63) is 75.5 Å².